The highest BCUT2D eigenvalue weighted by Crippen LogP contribution is 2.39. The molecule has 0 aliphatic carbocycles. The number of halogens is 2. The maximum Gasteiger partial charge on any atom is 0.302 e. The molecule has 2 aliphatic rings. The lowest BCUT2D eigenvalue weighted by atomic mass is 9.90. The minimum atomic E-state index is -0.363. The van der Waals surface area contributed by atoms with Gasteiger partial charge in [-0.05, 0) is 36.3 Å². The van der Waals surface area contributed by atoms with Gasteiger partial charge in [-0.25, -0.2) is 0 Å². The van der Waals surface area contributed by atoms with Crippen LogP contribution in [0.3, 0.4) is 0 Å². The van der Waals surface area contributed by atoms with Crippen molar-refractivity contribution in [3.63, 3.8) is 0 Å². The topological polar surface area (TPSA) is 59.0 Å². The Balaban J connectivity index is 1.78. The minimum absolute atomic E-state index is 0.0882. The van der Waals surface area contributed by atoms with E-state index in [9.17, 15) is 9.59 Å². The Morgan fingerprint density at radius 1 is 1.17 bits per heavy atom. The van der Waals surface area contributed by atoms with E-state index in [1.54, 1.807) is 4.90 Å². The summed E-state index contributed by atoms with van der Waals surface area (Å²) >= 11 is 12.8. The van der Waals surface area contributed by atoms with Crippen molar-refractivity contribution >= 4 is 46.4 Å². The molecule has 0 spiro atoms. The van der Waals surface area contributed by atoms with Gasteiger partial charge in [0.05, 0.1) is 24.8 Å². The molecule has 30 heavy (non-hydrogen) atoms. The quantitative estimate of drug-likeness (QED) is 0.659. The summed E-state index contributed by atoms with van der Waals surface area (Å²) in [7, 11) is 0. The van der Waals surface area contributed by atoms with Crippen LogP contribution in [0.4, 0.5) is 0 Å². The van der Waals surface area contributed by atoms with Gasteiger partial charge in [0.25, 0.3) is 5.91 Å². The van der Waals surface area contributed by atoms with Crippen molar-refractivity contribution in [2.75, 3.05) is 19.7 Å². The molecule has 2 heterocycles. The van der Waals surface area contributed by atoms with Crippen molar-refractivity contribution in [2.45, 2.75) is 19.9 Å². The van der Waals surface area contributed by atoms with E-state index in [-0.39, 0.29) is 31.1 Å². The summed E-state index contributed by atoms with van der Waals surface area (Å²) in [5.41, 5.74) is 4.87. The number of carbonyl (C=O) groups excluding carboxylic acids is 2. The molecule has 5 nitrogen and oxygen atoms in total. The Morgan fingerprint density at radius 2 is 1.93 bits per heavy atom. The number of esters is 1. The highest BCUT2D eigenvalue weighted by Gasteiger charge is 2.39. The Labute approximate surface area is 184 Å². The summed E-state index contributed by atoms with van der Waals surface area (Å²) < 4.78 is 5.04. The number of hydrogen-bond acceptors (Lipinski definition) is 4. The van der Waals surface area contributed by atoms with Crippen LogP contribution in [0.2, 0.25) is 10.0 Å². The molecule has 0 bridgehead atoms. The monoisotopic (exact) mass is 442 g/mol. The van der Waals surface area contributed by atoms with Gasteiger partial charge < -0.3 is 9.64 Å². The predicted molar refractivity (Wildman–Crippen MR) is 118 cm³/mol. The lowest BCUT2D eigenvalue weighted by Gasteiger charge is -2.25. The normalized spacial score (nSPS) is 18.0. The molecule has 7 heteroatoms. The number of aliphatic imine (C=N–C) groups is 1. The van der Waals surface area contributed by atoms with Crippen LogP contribution >= 0.6 is 23.2 Å². The Hall–Kier alpha value is -2.63. The molecule has 1 amide bonds. The summed E-state index contributed by atoms with van der Waals surface area (Å²) in [6, 6.07) is 13.0. The van der Waals surface area contributed by atoms with Crippen molar-refractivity contribution in [3.05, 3.63) is 74.8 Å². The Morgan fingerprint density at radius 3 is 2.67 bits per heavy atom. The molecule has 0 aromatic heterocycles. The van der Waals surface area contributed by atoms with Crippen LogP contribution in [0.15, 0.2) is 53.0 Å². The molecule has 0 saturated carbocycles. The van der Waals surface area contributed by atoms with Gasteiger partial charge in [-0.2, -0.15) is 0 Å². The first-order chi connectivity index (χ1) is 14.4. The zero-order valence-electron chi connectivity index (χ0n) is 16.6. The zero-order chi connectivity index (χ0) is 21.4. The van der Waals surface area contributed by atoms with Crippen LogP contribution in [0.5, 0.6) is 0 Å². The van der Waals surface area contributed by atoms with E-state index in [4.69, 9.17) is 32.9 Å². The van der Waals surface area contributed by atoms with Crippen molar-refractivity contribution < 1.29 is 14.3 Å². The van der Waals surface area contributed by atoms with E-state index in [1.807, 2.05) is 49.4 Å². The molecular formula is C23H20Cl2N2O3. The predicted octanol–water partition coefficient (Wildman–Crippen LogP) is 4.39. The second-order valence-corrected chi connectivity index (χ2v) is 8.09. The van der Waals surface area contributed by atoms with E-state index >= 15 is 0 Å². The van der Waals surface area contributed by atoms with Crippen LogP contribution in [-0.4, -0.2) is 48.2 Å². The third kappa shape index (κ3) is 3.64. The van der Waals surface area contributed by atoms with E-state index in [0.717, 1.165) is 28.0 Å². The van der Waals surface area contributed by atoms with Crippen molar-refractivity contribution in [1.29, 1.82) is 0 Å². The lowest BCUT2D eigenvalue weighted by molar-refractivity contribution is -0.143. The molecule has 1 atom stereocenters. The van der Waals surface area contributed by atoms with E-state index < -0.39 is 0 Å². The Kier molecular flexibility index (Phi) is 5.67. The standard InChI is InChI=1S/C23H20Cl2N2O3/c1-13-21-16-8-7-15(24)11-18(16)22(17-5-3-4-6-20(17)25)26-12-19(21)23(29)27(13)9-10-30-14(2)28/h3-8,11,13H,9-10,12H2,1-2H3. The van der Waals surface area contributed by atoms with Gasteiger partial charge in [0.15, 0.2) is 0 Å². The van der Waals surface area contributed by atoms with Gasteiger partial charge in [0.1, 0.15) is 6.61 Å². The third-order valence-electron chi connectivity index (χ3n) is 5.42. The number of carbonyl (C=O) groups is 2. The fraction of sp³-hybridized carbons (Fsp3) is 0.261. The number of ether oxygens (including phenoxy) is 1. The van der Waals surface area contributed by atoms with Crippen molar-refractivity contribution in [2.24, 2.45) is 4.99 Å². The van der Waals surface area contributed by atoms with Crippen molar-refractivity contribution in [3.8, 4) is 0 Å². The largest absolute Gasteiger partial charge is 0.464 e. The number of nitrogens with zero attached hydrogens (tertiary/aromatic N) is 2. The van der Waals surface area contributed by atoms with Gasteiger partial charge >= 0.3 is 5.97 Å². The maximum atomic E-state index is 13.2. The van der Waals surface area contributed by atoms with Gasteiger partial charge in [-0.3, -0.25) is 14.6 Å². The molecule has 2 aliphatic heterocycles. The van der Waals surface area contributed by atoms with E-state index in [1.165, 1.54) is 6.92 Å². The molecule has 0 N–H and O–H groups in total. The fourth-order valence-corrected chi connectivity index (χ4v) is 4.47. The van der Waals surface area contributed by atoms with Crippen LogP contribution in [0, 0.1) is 0 Å². The first-order valence-electron chi connectivity index (χ1n) is 9.65. The smallest absolute Gasteiger partial charge is 0.302 e. The molecule has 0 fully saturated rings. The van der Waals surface area contributed by atoms with Crippen LogP contribution in [-0.2, 0) is 14.3 Å². The average Bonchev–Trinajstić information content (AvgIpc) is 2.85. The van der Waals surface area contributed by atoms with Crippen LogP contribution < -0.4 is 0 Å². The number of fused-ring (bicyclic) bond motifs is 2. The number of hydrogen-bond donors (Lipinski definition) is 0. The van der Waals surface area contributed by atoms with Crippen LogP contribution in [0.1, 0.15) is 30.5 Å². The van der Waals surface area contributed by atoms with Gasteiger partial charge in [0.2, 0.25) is 0 Å². The first kappa shape index (κ1) is 20.6. The highest BCUT2D eigenvalue weighted by molar-refractivity contribution is 6.36. The van der Waals surface area contributed by atoms with Crippen molar-refractivity contribution in [1.82, 2.24) is 4.90 Å². The number of rotatable bonds is 4. The number of amides is 1. The Bertz CT molecular complexity index is 1110. The van der Waals surface area contributed by atoms with Crippen LogP contribution in [0.25, 0.3) is 5.57 Å². The fourth-order valence-electron chi connectivity index (χ4n) is 4.07. The van der Waals surface area contributed by atoms with E-state index in [0.29, 0.717) is 22.2 Å². The van der Waals surface area contributed by atoms with Gasteiger partial charge in [-0.15, -0.1) is 0 Å². The molecule has 2 aromatic carbocycles. The lowest BCUT2D eigenvalue weighted by Crippen LogP contribution is -2.37. The zero-order valence-corrected chi connectivity index (χ0v) is 18.1. The van der Waals surface area contributed by atoms with Gasteiger partial charge in [0, 0.05) is 33.7 Å². The summed E-state index contributed by atoms with van der Waals surface area (Å²) in [4.78, 5) is 30.8. The molecule has 1 unspecified atom stereocenters. The molecule has 0 radical (unpaired) electrons. The SMILES string of the molecule is CC(=O)OCCN1C(=O)C2=C(c3ccc(Cl)cc3C(c3ccccc3Cl)=NC2)C1C. The summed E-state index contributed by atoms with van der Waals surface area (Å²) in [5, 5.41) is 1.17. The van der Waals surface area contributed by atoms with E-state index in [2.05, 4.69) is 0 Å². The number of benzene rings is 2. The molecule has 154 valence electrons. The molecule has 2 aromatic rings. The third-order valence-corrected chi connectivity index (χ3v) is 5.98. The maximum absolute atomic E-state index is 13.2. The summed E-state index contributed by atoms with van der Waals surface area (Å²) in [5.74, 6) is -0.451. The molecule has 0 saturated heterocycles. The molecule has 4 rings (SSSR count). The second-order valence-electron chi connectivity index (χ2n) is 7.24. The highest BCUT2D eigenvalue weighted by atomic mass is 35.5. The summed E-state index contributed by atoms with van der Waals surface area (Å²) in [6.45, 7) is 4.07. The second kappa shape index (κ2) is 8.25. The first-order valence-corrected chi connectivity index (χ1v) is 10.4. The van der Waals surface area contributed by atoms with Gasteiger partial charge in [-0.1, -0.05) is 47.5 Å². The summed E-state index contributed by atoms with van der Waals surface area (Å²) in [6.07, 6.45) is 0. The average molecular weight is 443 g/mol. The minimum Gasteiger partial charge on any atom is -0.464 e. The molecular weight excluding hydrogens is 423 g/mol.